The van der Waals surface area contributed by atoms with Gasteiger partial charge in [0.05, 0.1) is 10.2 Å². The quantitative estimate of drug-likeness (QED) is 0.224. The molecule has 0 bridgehead atoms. The van der Waals surface area contributed by atoms with Gasteiger partial charge in [0, 0.05) is 35.6 Å². The maximum absolute atomic E-state index is 13.7. The maximum Gasteiger partial charge on any atom is 0.200 e. The summed E-state index contributed by atoms with van der Waals surface area (Å²) in [6.45, 7) is 6.06. The Morgan fingerprint density at radius 1 is 0.879 bits per heavy atom. The Bertz CT molecular complexity index is 1650. The summed E-state index contributed by atoms with van der Waals surface area (Å²) in [4.78, 5) is 25.7. The fraction of sp³-hybridized carbons (Fsp3) is 0.148. The first kappa shape index (κ1) is 19.9. The molecule has 162 valence electrons. The summed E-state index contributed by atoms with van der Waals surface area (Å²) in [6.07, 6.45) is 0. The van der Waals surface area contributed by atoms with Crippen LogP contribution in [0.2, 0.25) is 0 Å². The summed E-state index contributed by atoms with van der Waals surface area (Å²) in [6, 6.07) is 21.6. The summed E-state index contributed by atoms with van der Waals surface area (Å²) in [5, 5.41) is 2.07. The summed E-state index contributed by atoms with van der Waals surface area (Å²) in [5.74, 6) is 0.488. The molecule has 6 rings (SSSR count). The van der Waals surface area contributed by atoms with Gasteiger partial charge in [-0.2, -0.15) is 0 Å². The third-order valence-electron chi connectivity index (χ3n) is 6.12. The number of thiazole rings is 1. The molecule has 0 saturated carbocycles. The van der Waals surface area contributed by atoms with Crippen LogP contribution in [0.25, 0.3) is 54.1 Å². The zero-order chi connectivity index (χ0) is 22.5. The zero-order valence-electron chi connectivity index (χ0n) is 18.3. The Morgan fingerprint density at radius 2 is 1.64 bits per heavy atom. The molecule has 1 aromatic heterocycles. The van der Waals surface area contributed by atoms with Gasteiger partial charge in [0.2, 0.25) is 5.43 Å². The number of anilines is 1. The second-order valence-corrected chi connectivity index (χ2v) is 8.98. The van der Waals surface area contributed by atoms with Gasteiger partial charge in [-0.15, -0.1) is 11.3 Å². The minimum atomic E-state index is -0.0815. The average molecular weight is 452 g/mol. The largest absolute Gasteiger partial charge is 0.452 e. The van der Waals surface area contributed by atoms with Crippen molar-refractivity contribution in [3.8, 4) is 22.0 Å². The second-order valence-electron chi connectivity index (χ2n) is 7.95. The van der Waals surface area contributed by atoms with E-state index in [1.165, 1.54) is 11.3 Å². The van der Waals surface area contributed by atoms with Crippen LogP contribution in [0, 0.1) is 0 Å². The van der Waals surface area contributed by atoms with Crippen LogP contribution in [0.1, 0.15) is 13.8 Å². The molecular weight excluding hydrogens is 430 g/mol. The Balaban J connectivity index is 1.73. The third kappa shape index (κ3) is 3.09. The number of rotatable bonds is 4. The normalized spacial score (nSPS) is 11.7. The van der Waals surface area contributed by atoms with E-state index in [4.69, 9.17) is 14.4 Å². The van der Waals surface area contributed by atoms with Crippen molar-refractivity contribution in [2.75, 3.05) is 18.0 Å². The number of benzene rings is 4. The van der Waals surface area contributed by atoms with E-state index < -0.39 is 0 Å². The van der Waals surface area contributed by atoms with Crippen LogP contribution < -0.4 is 10.3 Å². The summed E-state index contributed by atoms with van der Waals surface area (Å²) in [7, 11) is 0. The van der Waals surface area contributed by atoms with Crippen molar-refractivity contribution >= 4 is 49.1 Å². The molecule has 1 aliphatic heterocycles. The topological polar surface area (TPSA) is 59.2 Å². The smallest absolute Gasteiger partial charge is 0.200 e. The highest BCUT2D eigenvalue weighted by atomic mass is 32.1. The van der Waals surface area contributed by atoms with Gasteiger partial charge in [0.1, 0.15) is 21.8 Å². The number of hydrogen-bond donors (Lipinski definition) is 0. The maximum atomic E-state index is 13.7. The van der Waals surface area contributed by atoms with Gasteiger partial charge in [-0.1, -0.05) is 36.4 Å². The molecule has 33 heavy (non-hydrogen) atoms. The van der Waals surface area contributed by atoms with Crippen molar-refractivity contribution in [2.45, 2.75) is 13.8 Å². The van der Waals surface area contributed by atoms with Crippen molar-refractivity contribution in [1.82, 2.24) is 9.97 Å². The van der Waals surface area contributed by atoms with Crippen LogP contribution in [-0.4, -0.2) is 23.1 Å². The van der Waals surface area contributed by atoms with Gasteiger partial charge in [-0.25, -0.2) is 9.97 Å². The summed E-state index contributed by atoms with van der Waals surface area (Å²) in [5.41, 5.74) is 4.44. The predicted octanol–water partition coefficient (Wildman–Crippen LogP) is 6.57. The molecule has 4 aromatic rings. The van der Waals surface area contributed by atoms with Crippen LogP contribution in [-0.2, 0) is 0 Å². The second kappa shape index (κ2) is 7.67. The van der Waals surface area contributed by atoms with Gasteiger partial charge < -0.3 is 9.32 Å². The van der Waals surface area contributed by atoms with E-state index >= 15 is 0 Å². The van der Waals surface area contributed by atoms with E-state index in [1.807, 2.05) is 60.7 Å². The fourth-order valence-corrected chi connectivity index (χ4v) is 5.45. The fourth-order valence-electron chi connectivity index (χ4n) is 4.44. The van der Waals surface area contributed by atoms with Crippen LogP contribution in [0.3, 0.4) is 0 Å². The Hall–Kier alpha value is -3.77. The van der Waals surface area contributed by atoms with Gasteiger partial charge in [0.15, 0.2) is 11.3 Å². The highest BCUT2D eigenvalue weighted by molar-refractivity contribution is 7.21. The van der Waals surface area contributed by atoms with Crippen molar-refractivity contribution < 1.29 is 4.42 Å². The number of nitrogens with zero attached hydrogens (tertiary/aromatic N) is 3. The van der Waals surface area contributed by atoms with Gasteiger partial charge in [-0.3, -0.25) is 4.79 Å². The van der Waals surface area contributed by atoms with E-state index in [0.717, 1.165) is 39.9 Å². The van der Waals surface area contributed by atoms with Crippen LogP contribution in [0.15, 0.2) is 75.9 Å². The lowest BCUT2D eigenvalue weighted by Crippen LogP contribution is -2.21. The first-order valence-corrected chi connectivity index (χ1v) is 11.9. The summed E-state index contributed by atoms with van der Waals surface area (Å²) < 4.78 is 7.51. The van der Waals surface area contributed by atoms with Crippen molar-refractivity contribution in [3.63, 3.8) is 0 Å². The van der Waals surface area contributed by atoms with Gasteiger partial charge in [-0.05, 0) is 38.1 Å². The molecule has 6 heteroatoms. The monoisotopic (exact) mass is 451 g/mol. The molecule has 0 saturated heterocycles. The zero-order valence-corrected chi connectivity index (χ0v) is 19.1. The van der Waals surface area contributed by atoms with Crippen LogP contribution in [0.5, 0.6) is 0 Å². The molecule has 5 nitrogen and oxygen atoms in total. The highest BCUT2D eigenvalue weighted by Crippen LogP contribution is 2.40. The third-order valence-corrected chi connectivity index (χ3v) is 7.17. The Kier molecular flexibility index (Phi) is 4.62. The van der Waals surface area contributed by atoms with Crippen LogP contribution >= 0.6 is 11.3 Å². The van der Waals surface area contributed by atoms with Crippen molar-refractivity contribution in [3.05, 3.63) is 77.0 Å². The summed E-state index contributed by atoms with van der Waals surface area (Å²) >= 11 is 1.50. The van der Waals surface area contributed by atoms with E-state index in [2.05, 4.69) is 24.8 Å². The molecule has 0 unspecified atom stereocenters. The van der Waals surface area contributed by atoms with Crippen LogP contribution in [0.4, 0.5) is 5.69 Å². The molecular formula is C27H21N3O2S. The SMILES string of the molecule is CCN(CC)c1ccc2nc3c4ccccc4c(=O)c(-c4nc5ccccc5s4)c-3oc2c1. The number of fused-ring (bicyclic) bond motifs is 5. The minimum Gasteiger partial charge on any atom is -0.452 e. The number of para-hydroxylation sites is 1. The molecule has 2 aliphatic rings. The van der Waals surface area contributed by atoms with Crippen molar-refractivity contribution in [1.29, 1.82) is 0 Å². The lowest BCUT2D eigenvalue weighted by atomic mass is 9.99. The van der Waals surface area contributed by atoms with Gasteiger partial charge in [0.25, 0.3) is 0 Å². The lowest BCUT2D eigenvalue weighted by Gasteiger charge is -2.21. The Morgan fingerprint density at radius 3 is 2.42 bits per heavy atom. The van der Waals surface area contributed by atoms with Gasteiger partial charge >= 0.3 is 0 Å². The van der Waals surface area contributed by atoms with E-state index in [0.29, 0.717) is 33.0 Å². The standard InChI is InChI=1S/C27H21N3O2S/c1-3-30(4-2)16-13-14-19-21(15-16)32-26-23(27-29-20-11-7-8-12-22(20)33-27)25(31)18-10-6-5-9-17(18)24(26)28-19/h5-15H,3-4H2,1-2H3. The van der Waals surface area contributed by atoms with E-state index in [9.17, 15) is 4.79 Å². The highest BCUT2D eigenvalue weighted by Gasteiger charge is 2.25. The average Bonchev–Trinajstić information content (AvgIpc) is 3.28. The molecule has 0 fully saturated rings. The molecule has 0 radical (unpaired) electrons. The molecule has 0 atom stereocenters. The molecule has 3 aromatic carbocycles. The molecule has 0 amide bonds. The lowest BCUT2D eigenvalue weighted by molar-refractivity contribution is 0.615. The first-order valence-electron chi connectivity index (χ1n) is 11.1. The Labute approximate surface area is 194 Å². The molecule has 2 heterocycles. The number of aromatic nitrogens is 2. The molecule has 0 spiro atoms. The minimum absolute atomic E-state index is 0.0815. The van der Waals surface area contributed by atoms with E-state index in [1.54, 1.807) is 0 Å². The molecule has 1 aliphatic carbocycles. The number of hydrogen-bond acceptors (Lipinski definition) is 6. The first-order chi connectivity index (χ1) is 16.2. The van der Waals surface area contributed by atoms with Crippen molar-refractivity contribution in [2.24, 2.45) is 0 Å². The van der Waals surface area contributed by atoms with E-state index in [-0.39, 0.29) is 5.43 Å². The molecule has 0 N–H and O–H groups in total. The predicted molar refractivity (Wildman–Crippen MR) is 137 cm³/mol.